The molecule has 0 aliphatic heterocycles. The van der Waals surface area contributed by atoms with E-state index in [9.17, 15) is 4.79 Å². The Balaban J connectivity index is 1.84. The molecular weight excluding hydrogens is 432 g/mol. The quantitative estimate of drug-likeness (QED) is 0.146. The molecule has 0 radical (unpaired) electrons. The standard InChI is InChI=1S/C27H28N2O5/c1-19(28-29-22-11-6-5-7-12-22)20-14-15-25(32-3)26(16-20)34-17-21-10-8-9-13-23(21)24(18-31-2)27(30)33-4/h5-16,18,29H,17H2,1-4H3/b24-18-,28-19+. The summed E-state index contributed by atoms with van der Waals surface area (Å²) in [5.74, 6) is 0.650. The molecule has 0 aromatic heterocycles. The van der Waals surface area contributed by atoms with Gasteiger partial charge < -0.3 is 18.9 Å². The lowest BCUT2D eigenvalue weighted by molar-refractivity contribution is -0.133. The van der Waals surface area contributed by atoms with Crippen molar-refractivity contribution in [3.63, 3.8) is 0 Å². The lowest BCUT2D eigenvalue weighted by atomic mass is 10.0. The van der Waals surface area contributed by atoms with Crippen LogP contribution < -0.4 is 14.9 Å². The number of hydrazone groups is 1. The Bertz CT molecular complexity index is 1170. The van der Waals surface area contributed by atoms with Crippen LogP contribution in [0.3, 0.4) is 0 Å². The molecule has 0 heterocycles. The van der Waals surface area contributed by atoms with Gasteiger partial charge in [0.2, 0.25) is 0 Å². The fourth-order valence-electron chi connectivity index (χ4n) is 3.25. The van der Waals surface area contributed by atoms with Crippen LogP contribution in [0.25, 0.3) is 5.57 Å². The van der Waals surface area contributed by atoms with Gasteiger partial charge in [0.05, 0.1) is 39.0 Å². The van der Waals surface area contributed by atoms with Crippen LogP contribution in [0.5, 0.6) is 11.5 Å². The third-order valence-electron chi connectivity index (χ3n) is 5.04. The molecule has 0 aliphatic carbocycles. The van der Waals surface area contributed by atoms with Gasteiger partial charge in [0.1, 0.15) is 12.2 Å². The van der Waals surface area contributed by atoms with Crippen molar-refractivity contribution in [1.82, 2.24) is 0 Å². The number of carbonyl (C=O) groups excluding carboxylic acids is 1. The highest BCUT2D eigenvalue weighted by atomic mass is 16.5. The number of carbonyl (C=O) groups is 1. The molecule has 0 spiro atoms. The second-order valence-corrected chi connectivity index (χ2v) is 7.25. The van der Waals surface area contributed by atoms with Crippen LogP contribution in [-0.4, -0.2) is 33.0 Å². The number of rotatable bonds is 10. The molecule has 176 valence electrons. The van der Waals surface area contributed by atoms with E-state index < -0.39 is 5.97 Å². The average molecular weight is 461 g/mol. The van der Waals surface area contributed by atoms with Gasteiger partial charge in [-0.3, -0.25) is 5.43 Å². The number of para-hydroxylation sites is 1. The van der Waals surface area contributed by atoms with E-state index in [4.69, 9.17) is 18.9 Å². The Morgan fingerprint density at radius 1 is 0.941 bits per heavy atom. The van der Waals surface area contributed by atoms with Gasteiger partial charge in [-0.15, -0.1) is 0 Å². The zero-order valence-corrected chi connectivity index (χ0v) is 19.7. The number of hydrogen-bond acceptors (Lipinski definition) is 7. The van der Waals surface area contributed by atoms with E-state index >= 15 is 0 Å². The van der Waals surface area contributed by atoms with Crippen LogP contribution in [-0.2, 0) is 20.9 Å². The predicted molar refractivity (Wildman–Crippen MR) is 133 cm³/mol. The number of methoxy groups -OCH3 is 3. The molecule has 7 nitrogen and oxygen atoms in total. The zero-order chi connectivity index (χ0) is 24.3. The highest BCUT2D eigenvalue weighted by Crippen LogP contribution is 2.30. The van der Waals surface area contributed by atoms with Gasteiger partial charge in [0.25, 0.3) is 0 Å². The summed E-state index contributed by atoms with van der Waals surface area (Å²) in [7, 11) is 4.40. The molecule has 0 saturated heterocycles. The minimum absolute atomic E-state index is 0.201. The molecular formula is C27H28N2O5. The van der Waals surface area contributed by atoms with Crippen molar-refractivity contribution in [1.29, 1.82) is 0 Å². The fraction of sp³-hybridized carbons (Fsp3) is 0.185. The van der Waals surface area contributed by atoms with Crippen molar-refractivity contribution in [2.75, 3.05) is 26.8 Å². The molecule has 0 amide bonds. The summed E-state index contributed by atoms with van der Waals surface area (Å²) in [4.78, 5) is 12.3. The van der Waals surface area contributed by atoms with E-state index in [1.54, 1.807) is 7.11 Å². The van der Waals surface area contributed by atoms with Gasteiger partial charge in [0, 0.05) is 5.56 Å². The Kier molecular flexibility index (Phi) is 8.68. The molecule has 7 heteroatoms. The van der Waals surface area contributed by atoms with Gasteiger partial charge in [-0.1, -0.05) is 42.5 Å². The number of benzene rings is 3. The van der Waals surface area contributed by atoms with Gasteiger partial charge >= 0.3 is 5.97 Å². The maximum absolute atomic E-state index is 12.3. The topological polar surface area (TPSA) is 78.4 Å². The molecule has 0 saturated carbocycles. The smallest absolute Gasteiger partial charge is 0.341 e. The third-order valence-corrected chi connectivity index (χ3v) is 5.04. The summed E-state index contributed by atoms with van der Waals surface area (Å²) >= 11 is 0. The summed E-state index contributed by atoms with van der Waals surface area (Å²) in [6, 6.07) is 22.8. The maximum Gasteiger partial charge on any atom is 0.341 e. The van der Waals surface area contributed by atoms with Crippen molar-refractivity contribution in [3.8, 4) is 11.5 Å². The number of nitrogens with one attached hydrogen (secondary N) is 1. The molecule has 3 rings (SSSR count). The van der Waals surface area contributed by atoms with Crippen LogP contribution in [0, 0.1) is 0 Å². The highest BCUT2D eigenvalue weighted by molar-refractivity contribution is 6.16. The minimum Gasteiger partial charge on any atom is -0.503 e. The lowest BCUT2D eigenvalue weighted by Crippen LogP contribution is -2.09. The second-order valence-electron chi connectivity index (χ2n) is 7.25. The highest BCUT2D eigenvalue weighted by Gasteiger charge is 2.17. The van der Waals surface area contributed by atoms with Crippen LogP contribution in [0.4, 0.5) is 5.69 Å². The normalized spacial score (nSPS) is 11.5. The number of hydrogen-bond donors (Lipinski definition) is 1. The van der Waals surface area contributed by atoms with E-state index in [1.165, 1.54) is 20.5 Å². The molecule has 0 fully saturated rings. The average Bonchev–Trinajstić information content (AvgIpc) is 2.89. The first-order valence-corrected chi connectivity index (χ1v) is 10.6. The molecule has 1 N–H and O–H groups in total. The number of ether oxygens (including phenoxy) is 4. The molecule has 0 aliphatic rings. The van der Waals surface area contributed by atoms with Gasteiger partial charge in [0.15, 0.2) is 11.5 Å². The van der Waals surface area contributed by atoms with Gasteiger partial charge in [-0.2, -0.15) is 5.10 Å². The fourth-order valence-corrected chi connectivity index (χ4v) is 3.25. The van der Waals surface area contributed by atoms with E-state index in [2.05, 4.69) is 10.5 Å². The summed E-state index contributed by atoms with van der Waals surface area (Å²) in [6.45, 7) is 2.11. The minimum atomic E-state index is -0.494. The largest absolute Gasteiger partial charge is 0.503 e. The number of anilines is 1. The van der Waals surface area contributed by atoms with Crippen molar-refractivity contribution >= 4 is 22.9 Å². The molecule has 34 heavy (non-hydrogen) atoms. The summed E-state index contributed by atoms with van der Waals surface area (Å²) in [6.07, 6.45) is 1.37. The first-order chi connectivity index (χ1) is 16.6. The van der Waals surface area contributed by atoms with E-state index in [0.717, 1.165) is 22.5 Å². The van der Waals surface area contributed by atoms with Crippen molar-refractivity contribution in [2.45, 2.75) is 13.5 Å². The molecule has 3 aromatic rings. The first-order valence-electron chi connectivity index (χ1n) is 10.6. The lowest BCUT2D eigenvalue weighted by Gasteiger charge is -2.15. The zero-order valence-electron chi connectivity index (χ0n) is 19.7. The van der Waals surface area contributed by atoms with Crippen molar-refractivity contribution < 1.29 is 23.7 Å². The van der Waals surface area contributed by atoms with Crippen molar-refractivity contribution in [3.05, 3.63) is 95.7 Å². The van der Waals surface area contributed by atoms with Crippen LogP contribution >= 0.6 is 0 Å². The number of esters is 1. The molecule has 0 unspecified atom stereocenters. The van der Waals surface area contributed by atoms with Crippen LogP contribution in [0.1, 0.15) is 23.6 Å². The third kappa shape index (κ3) is 6.16. The molecule has 0 bridgehead atoms. The maximum atomic E-state index is 12.3. The van der Waals surface area contributed by atoms with E-state index in [-0.39, 0.29) is 6.61 Å². The first kappa shape index (κ1) is 24.4. The predicted octanol–water partition coefficient (Wildman–Crippen LogP) is 5.27. The monoisotopic (exact) mass is 460 g/mol. The SMILES string of the molecule is CO/C=C(\C(=O)OC)c1ccccc1COc1cc(/C(C)=N/Nc2ccccc2)ccc1OC. The van der Waals surface area contributed by atoms with Crippen LogP contribution in [0.15, 0.2) is 84.2 Å². The Labute approximate surface area is 199 Å². The Morgan fingerprint density at radius 3 is 2.38 bits per heavy atom. The molecule has 0 atom stereocenters. The van der Waals surface area contributed by atoms with Gasteiger partial charge in [-0.05, 0) is 48.4 Å². The van der Waals surface area contributed by atoms with Crippen LogP contribution in [0.2, 0.25) is 0 Å². The second kappa shape index (κ2) is 12.1. The van der Waals surface area contributed by atoms with Gasteiger partial charge in [-0.25, -0.2) is 4.79 Å². The Morgan fingerprint density at radius 2 is 1.68 bits per heavy atom. The molecule has 3 aromatic carbocycles. The summed E-state index contributed by atoms with van der Waals surface area (Å²) in [5, 5.41) is 4.46. The van der Waals surface area contributed by atoms with Crippen molar-refractivity contribution in [2.24, 2.45) is 5.10 Å². The van der Waals surface area contributed by atoms with E-state index in [1.807, 2.05) is 79.7 Å². The van der Waals surface area contributed by atoms with E-state index in [0.29, 0.717) is 22.6 Å². The summed E-state index contributed by atoms with van der Waals surface area (Å²) in [5.41, 5.74) is 7.37. The number of nitrogens with zero attached hydrogens (tertiary/aromatic N) is 1. The summed E-state index contributed by atoms with van der Waals surface area (Å²) < 4.78 is 21.6. The Hall–Kier alpha value is -4.26.